The Morgan fingerprint density at radius 3 is 2.64 bits per heavy atom. The molecule has 0 aliphatic heterocycles. The van der Waals surface area contributed by atoms with Crippen LogP contribution in [0.5, 0.6) is 0 Å². The van der Waals surface area contributed by atoms with E-state index in [1.165, 1.54) is 11.0 Å². The molecule has 0 radical (unpaired) electrons. The molecule has 130 valence electrons. The van der Waals surface area contributed by atoms with Crippen LogP contribution >= 0.6 is 15.9 Å². The molecule has 0 atom stereocenters. The molecule has 3 aromatic rings. The van der Waals surface area contributed by atoms with Crippen LogP contribution in [0.3, 0.4) is 0 Å². The fraction of sp³-hybridized carbons (Fsp3) is 0.188. The summed E-state index contributed by atoms with van der Waals surface area (Å²) in [6.45, 7) is 1.99. The van der Waals surface area contributed by atoms with E-state index in [0.717, 1.165) is 16.7 Å². The maximum atomic E-state index is 12.8. The van der Waals surface area contributed by atoms with E-state index in [1.807, 2.05) is 0 Å². The number of carbonyl (C=O) groups is 1. The summed E-state index contributed by atoms with van der Waals surface area (Å²) in [5, 5.41) is 4.10. The second-order valence-corrected chi connectivity index (χ2v) is 6.04. The number of amides is 1. The first-order chi connectivity index (χ1) is 11.8. The van der Waals surface area contributed by atoms with Crippen molar-refractivity contribution >= 4 is 33.2 Å². The summed E-state index contributed by atoms with van der Waals surface area (Å²) in [6, 6.07) is 5.36. The van der Waals surface area contributed by atoms with E-state index in [2.05, 4.69) is 26.0 Å². The van der Waals surface area contributed by atoms with Gasteiger partial charge in [-0.2, -0.15) is 18.3 Å². The molecule has 0 aliphatic rings. The first kappa shape index (κ1) is 17.4. The van der Waals surface area contributed by atoms with Crippen LogP contribution in [-0.4, -0.2) is 27.0 Å². The van der Waals surface area contributed by atoms with Gasteiger partial charge >= 0.3 is 6.18 Å². The minimum Gasteiger partial charge on any atom is -0.293 e. The number of fused-ring (bicyclic) bond motifs is 1. The molecule has 1 amide bonds. The van der Waals surface area contributed by atoms with E-state index in [1.54, 1.807) is 36.0 Å². The van der Waals surface area contributed by atoms with Gasteiger partial charge in [0.25, 0.3) is 5.91 Å². The summed E-state index contributed by atoms with van der Waals surface area (Å²) in [4.78, 5) is 17.9. The van der Waals surface area contributed by atoms with Gasteiger partial charge in [0.15, 0.2) is 0 Å². The van der Waals surface area contributed by atoms with Gasteiger partial charge in [-0.25, -0.2) is 9.50 Å². The molecule has 3 heterocycles. The molecule has 0 saturated carbocycles. The molecule has 5 nitrogen and oxygen atoms in total. The highest BCUT2D eigenvalue weighted by atomic mass is 79.9. The maximum absolute atomic E-state index is 12.8. The lowest BCUT2D eigenvalue weighted by Crippen LogP contribution is -2.31. The number of hydrogen-bond acceptors (Lipinski definition) is 3. The van der Waals surface area contributed by atoms with Gasteiger partial charge in [-0.1, -0.05) is 0 Å². The molecule has 0 bridgehead atoms. The van der Waals surface area contributed by atoms with Crippen molar-refractivity contribution in [1.29, 1.82) is 0 Å². The molecular formula is C16H12BrF3N4O. The zero-order valence-electron chi connectivity index (χ0n) is 13.0. The fourth-order valence-electron chi connectivity index (χ4n) is 2.36. The van der Waals surface area contributed by atoms with Gasteiger partial charge in [-0.3, -0.25) is 9.69 Å². The smallest absolute Gasteiger partial charge is 0.293 e. The Kier molecular flexibility index (Phi) is 4.51. The number of hydrogen-bond donors (Lipinski definition) is 0. The van der Waals surface area contributed by atoms with Crippen molar-refractivity contribution in [2.24, 2.45) is 0 Å². The lowest BCUT2D eigenvalue weighted by molar-refractivity contribution is -0.137. The topological polar surface area (TPSA) is 50.5 Å². The predicted molar refractivity (Wildman–Crippen MR) is 89.5 cm³/mol. The van der Waals surface area contributed by atoms with Crippen molar-refractivity contribution in [3.63, 3.8) is 0 Å². The van der Waals surface area contributed by atoms with Crippen LogP contribution in [0.15, 0.2) is 47.3 Å². The van der Waals surface area contributed by atoms with Crippen LogP contribution in [0.25, 0.3) is 5.52 Å². The van der Waals surface area contributed by atoms with E-state index in [0.29, 0.717) is 11.1 Å². The van der Waals surface area contributed by atoms with Crippen molar-refractivity contribution in [2.45, 2.75) is 13.1 Å². The van der Waals surface area contributed by atoms with Crippen molar-refractivity contribution in [3.05, 3.63) is 58.5 Å². The Labute approximate surface area is 149 Å². The summed E-state index contributed by atoms with van der Waals surface area (Å²) in [7, 11) is 0. The zero-order chi connectivity index (χ0) is 18.2. The van der Waals surface area contributed by atoms with Crippen molar-refractivity contribution < 1.29 is 18.0 Å². The zero-order valence-corrected chi connectivity index (χ0v) is 14.5. The van der Waals surface area contributed by atoms with Gasteiger partial charge in [0, 0.05) is 24.5 Å². The third kappa shape index (κ3) is 3.37. The molecular weight excluding hydrogens is 401 g/mol. The van der Waals surface area contributed by atoms with Gasteiger partial charge in [0.2, 0.25) is 0 Å². The number of nitrogens with zero attached hydrogens (tertiary/aromatic N) is 4. The molecule has 3 aromatic heterocycles. The SMILES string of the molecule is CCN(C(=O)c1ccn2ncc(Br)c2c1)c1ccc(C(F)(F)F)cn1. The van der Waals surface area contributed by atoms with E-state index in [4.69, 9.17) is 0 Å². The second kappa shape index (κ2) is 6.47. The number of alkyl halides is 3. The average Bonchev–Trinajstić information content (AvgIpc) is 2.96. The van der Waals surface area contributed by atoms with Crippen molar-refractivity contribution in [3.8, 4) is 0 Å². The van der Waals surface area contributed by atoms with Crippen LogP contribution < -0.4 is 4.90 Å². The lowest BCUT2D eigenvalue weighted by Gasteiger charge is -2.20. The summed E-state index contributed by atoms with van der Waals surface area (Å²) in [5.41, 5.74) is 0.240. The van der Waals surface area contributed by atoms with E-state index in [-0.39, 0.29) is 18.3 Å². The number of anilines is 1. The number of halogens is 4. The standard InChI is InChI=1S/C16H12BrF3N4O/c1-2-23(14-4-3-11(8-21-14)16(18,19)20)15(25)10-5-6-24-13(7-10)12(17)9-22-24/h3-9H,2H2,1H3. The van der Waals surface area contributed by atoms with Crippen LogP contribution in [0, 0.1) is 0 Å². The summed E-state index contributed by atoms with van der Waals surface area (Å²) in [5.74, 6) is -0.196. The highest BCUT2D eigenvalue weighted by molar-refractivity contribution is 9.10. The first-order valence-electron chi connectivity index (χ1n) is 7.29. The van der Waals surface area contributed by atoms with Crippen LogP contribution in [0.1, 0.15) is 22.8 Å². The van der Waals surface area contributed by atoms with Gasteiger partial charge in [0.05, 0.1) is 21.7 Å². The number of aromatic nitrogens is 3. The Hall–Kier alpha value is -2.42. The van der Waals surface area contributed by atoms with Gasteiger partial charge in [-0.15, -0.1) is 0 Å². The lowest BCUT2D eigenvalue weighted by atomic mass is 10.2. The average molecular weight is 413 g/mol. The number of carbonyl (C=O) groups excluding carboxylic acids is 1. The largest absolute Gasteiger partial charge is 0.417 e. The minimum atomic E-state index is -4.47. The predicted octanol–water partition coefficient (Wildman–Crippen LogP) is 4.18. The Morgan fingerprint density at radius 1 is 1.28 bits per heavy atom. The Morgan fingerprint density at radius 2 is 2.04 bits per heavy atom. The molecule has 9 heteroatoms. The Balaban J connectivity index is 1.93. The summed E-state index contributed by atoms with van der Waals surface area (Å²) in [6.07, 6.45) is -0.492. The normalized spacial score (nSPS) is 11.7. The molecule has 0 unspecified atom stereocenters. The van der Waals surface area contributed by atoms with E-state index in [9.17, 15) is 18.0 Å². The molecule has 3 rings (SSSR count). The highest BCUT2D eigenvalue weighted by Gasteiger charge is 2.31. The molecule has 0 saturated heterocycles. The summed E-state index contributed by atoms with van der Waals surface area (Å²) < 4.78 is 40.3. The van der Waals surface area contributed by atoms with Gasteiger partial charge in [0.1, 0.15) is 5.82 Å². The van der Waals surface area contributed by atoms with Crippen LogP contribution in [0.4, 0.5) is 19.0 Å². The third-order valence-electron chi connectivity index (χ3n) is 3.63. The van der Waals surface area contributed by atoms with Crippen molar-refractivity contribution in [1.82, 2.24) is 14.6 Å². The van der Waals surface area contributed by atoms with E-state index < -0.39 is 11.7 Å². The third-order valence-corrected chi connectivity index (χ3v) is 4.25. The number of rotatable bonds is 3. The quantitative estimate of drug-likeness (QED) is 0.648. The molecule has 0 aromatic carbocycles. The first-order valence-corrected chi connectivity index (χ1v) is 8.08. The fourth-order valence-corrected chi connectivity index (χ4v) is 2.75. The summed E-state index contributed by atoms with van der Waals surface area (Å²) >= 11 is 3.35. The maximum Gasteiger partial charge on any atom is 0.417 e. The molecule has 0 N–H and O–H groups in total. The van der Waals surface area contributed by atoms with E-state index >= 15 is 0 Å². The van der Waals surface area contributed by atoms with Gasteiger partial charge < -0.3 is 0 Å². The monoisotopic (exact) mass is 412 g/mol. The molecule has 25 heavy (non-hydrogen) atoms. The molecule has 0 fully saturated rings. The molecule has 0 aliphatic carbocycles. The van der Waals surface area contributed by atoms with Gasteiger partial charge in [-0.05, 0) is 47.1 Å². The highest BCUT2D eigenvalue weighted by Crippen LogP contribution is 2.29. The van der Waals surface area contributed by atoms with Crippen LogP contribution in [-0.2, 0) is 6.18 Å². The minimum absolute atomic E-state index is 0.160. The molecule has 0 spiro atoms. The number of pyridine rings is 2. The second-order valence-electron chi connectivity index (χ2n) is 5.19. The Bertz CT molecular complexity index is 921. The van der Waals surface area contributed by atoms with Crippen LogP contribution in [0.2, 0.25) is 0 Å². The van der Waals surface area contributed by atoms with Crippen molar-refractivity contribution in [2.75, 3.05) is 11.4 Å².